The third-order valence-corrected chi connectivity index (χ3v) is 6.59. The second-order valence-corrected chi connectivity index (χ2v) is 9.01. The van der Waals surface area contributed by atoms with Crippen LogP contribution in [-0.2, 0) is 27.9 Å². The standard InChI is InChI=1S/C25H28N4O5S/c1-3-11-32-25(31)27-20-6-4-5-19(12-20)23-33-21(15-35-24-28-26-16-29(24)2)13-22(34-23)18-9-7-17(14-30)8-10-18/h3-10,12,16,21-23,30H,1,11,13-15H2,2H3,(H,27,31)/t21-,22+,23+/m1/s1. The number of hydrogen-bond donors (Lipinski definition) is 2. The molecule has 3 atom stereocenters. The van der Waals surface area contributed by atoms with Crippen molar-refractivity contribution in [2.75, 3.05) is 17.7 Å². The van der Waals surface area contributed by atoms with E-state index in [-0.39, 0.29) is 25.4 Å². The van der Waals surface area contributed by atoms with E-state index in [1.54, 1.807) is 24.2 Å². The van der Waals surface area contributed by atoms with Gasteiger partial charge >= 0.3 is 6.09 Å². The highest BCUT2D eigenvalue weighted by molar-refractivity contribution is 7.99. The average Bonchev–Trinajstić information content (AvgIpc) is 3.30. The Kier molecular flexibility index (Phi) is 8.54. The summed E-state index contributed by atoms with van der Waals surface area (Å²) in [5.41, 5.74) is 3.19. The number of benzene rings is 2. The number of carbonyl (C=O) groups excluding carboxylic acids is 1. The van der Waals surface area contributed by atoms with E-state index < -0.39 is 12.4 Å². The van der Waals surface area contributed by atoms with Crippen molar-refractivity contribution in [2.24, 2.45) is 7.05 Å². The smallest absolute Gasteiger partial charge is 0.411 e. The van der Waals surface area contributed by atoms with Crippen LogP contribution in [0.25, 0.3) is 0 Å². The maximum absolute atomic E-state index is 11.9. The minimum absolute atomic E-state index is 0.0104. The Bertz CT molecular complexity index is 1140. The second kappa shape index (κ2) is 12.0. The molecule has 1 saturated heterocycles. The molecular weight excluding hydrogens is 468 g/mol. The molecule has 2 heterocycles. The van der Waals surface area contributed by atoms with Crippen molar-refractivity contribution in [1.82, 2.24) is 14.8 Å². The van der Waals surface area contributed by atoms with Crippen LogP contribution in [-0.4, -0.2) is 44.4 Å². The number of aliphatic hydroxyl groups is 1. The molecule has 0 bridgehead atoms. The molecule has 0 spiro atoms. The largest absolute Gasteiger partial charge is 0.445 e. The van der Waals surface area contributed by atoms with E-state index in [0.717, 1.165) is 21.8 Å². The number of hydrogen-bond acceptors (Lipinski definition) is 8. The van der Waals surface area contributed by atoms with Crippen molar-refractivity contribution >= 4 is 23.5 Å². The number of aliphatic hydroxyl groups excluding tert-OH is 1. The summed E-state index contributed by atoms with van der Waals surface area (Å²) in [6.45, 7) is 3.66. The Morgan fingerprint density at radius 3 is 2.83 bits per heavy atom. The van der Waals surface area contributed by atoms with Crippen molar-refractivity contribution < 1.29 is 24.1 Å². The van der Waals surface area contributed by atoms with E-state index in [2.05, 4.69) is 22.1 Å². The lowest BCUT2D eigenvalue weighted by atomic mass is 10.0. The highest BCUT2D eigenvalue weighted by Gasteiger charge is 2.32. The Hall–Kier alpha value is -3.18. The van der Waals surface area contributed by atoms with Crippen molar-refractivity contribution in [1.29, 1.82) is 0 Å². The van der Waals surface area contributed by atoms with Gasteiger partial charge in [-0.1, -0.05) is 60.8 Å². The average molecular weight is 497 g/mol. The van der Waals surface area contributed by atoms with E-state index in [0.29, 0.717) is 17.9 Å². The number of amides is 1. The molecule has 3 aromatic rings. The van der Waals surface area contributed by atoms with Gasteiger partial charge in [0.15, 0.2) is 11.4 Å². The molecule has 1 aliphatic rings. The zero-order valence-electron chi connectivity index (χ0n) is 19.4. The van der Waals surface area contributed by atoms with E-state index >= 15 is 0 Å². The molecule has 9 nitrogen and oxygen atoms in total. The highest BCUT2D eigenvalue weighted by atomic mass is 32.2. The molecule has 10 heteroatoms. The van der Waals surface area contributed by atoms with Gasteiger partial charge in [-0.05, 0) is 23.3 Å². The van der Waals surface area contributed by atoms with Crippen LogP contribution < -0.4 is 5.32 Å². The van der Waals surface area contributed by atoms with Gasteiger partial charge in [0, 0.05) is 30.5 Å². The lowest BCUT2D eigenvalue weighted by Crippen LogP contribution is -2.31. The van der Waals surface area contributed by atoms with Gasteiger partial charge in [-0.25, -0.2) is 4.79 Å². The number of nitrogens with one attached hydrogen (secondary N) is 1. The molecule has 4 rings (SSSR count). The molecule has 1 aliphatic heterocycles. The molecule has 184 valence electrons. The zero-order chi connectivity index (χ0) is 24.6. The van der Waals surface area contributed by atoms with Crippen molar-refractivity contribution in [3.63, 3.8) is 0 Å². The van der Waals surface area contributed by atoms with Crippen molar-refractivity contribution in [3.8, 4) is 0 Å². The molecule has 0 aliphatic carbocycles. The van der Waals surface area contributed by atoms with Crippen LogP contribution in [0.5, 0.6) is 0 Å². The summed E-state index contributed by atoms with van der Waals surface area (Å²) >= 11 is 1.57. The Morgan fingerprint density at radius 1 is 1.29 bits per heavy atom. The fraction of sp³-hybridized carbons (Fsp3) is 0.320. The number of carbonyl (C=O) groups is 1. The lowest BCUT2D eigenvalue weighted by molar-refractivity contribution is -0.245. The molecule has 1 aromatic heterocycles. The predicted molar refractivity (Wildman–Crippen MR) is 132 cm³/mol. The fourth-order valence-corrected chi connectivity index (χ4v) is 4.55. The normalized spacial score (nSPS) is 19.8. The summed E-state index contributed by atoms with van der Waals surface area (Å²) in [5, 5.41) is 21.0. The molecule has 35 heavy (non-hydrogen) atoms. The highest BCUT2D eigenvalue weighted by Crippen LogP contribution is 2.39. The van der Waals surface area contributed by atoms with E-state index in [4.69, 9.17) is 14.2 Å². The Labute approximate surface area is 208 Å². The number of rotatable bonds is 9. The van der Waals surface area contributed by atoms with Crippen LogP contribution in [0.15, 0.2) is 72.7 Å². The van der Waals surface area contributed by atoms with Gasteiger partial charge in [-0.3, -0.25) is 5.32 Å². The molecular formula is C25H28N4O5S. The maximum atomic E-state index is 11.9. The molecule has 0 unspecified atom stereocenters. The summed E-state index contributed by atoms with van der Waals surface area (Å²) < 4.78 is 19.6. The number of nitrogens with zero attached hydrogens (tertiary/aromatic N) is 3. The van der Waals surface area contributed by atoms with Crippen LogP contribution in [0.3, 0.4) is 0 Å². The third-order valence-electron chi connectivity index (χ3n) is 5.42. The van der Waals surface area contributed by atoms with Crippen LogP contribution in [0.4, 0.5) is 10.5 Å². The minimum Gasteiger partial charge on any atom is -0.445 e. The maximum Gasteiger partial charge on any atom is 0.411 e. The van der Waals surface area contributed by atoms with Gasteiger partial charge < -0.3 is 23.9 Å². The van der Waals surface area contributed by atoms with E-state index in [9.17, 15) is 9.90 Å². The molecule has 0 saturated carbocycles. The molecule has 1 fully saturated rings. The SMILES string of the molecule is C=CCOC(=O)Nc1cccc([C@H]2O[C@@H](CSc3nncn3C)C[C@@H](c3ccc(CO)cc3)O2)c1. The van der Waals surface area contributed by atoms with Crippen LogP contribution in [0.2, 0.25) is 0 Å². The first-order valence-corrected chi connectivity index (χ1v) is 12.2. The first-order chi connectivity index (χ1) is 17.1. The molecule has 1 amide bonds. The van der Waals surface area contributed by atoms with Crippen molar-refractivity contribution in [2.45, 2.75) is 36.7 Å². The van der Waals surface area contributed by atoms with Gasteiger partial charge in [0.2, 0.25) is 0 Å². The molecule has 2 N–H and O–H groups in total. The van der Waals surface area contributed by atoms with Gasteiger partial charge in [-0.15, -0.1) is 10.2 Å². The number of anilines is 1. The monoisotopic (exact) mass is 496 g/mol. The summed E-state index contributed by atoms with van der Waals surface area (Å²) in [6.07, 6.45) is 2.31. The Balaban J connectivity index is 1.52. The second-order valence-electron chi connectivity index (χ2n) is 8.02. The topological polar surface area (TPSA) is 108 Å². The predicted octanol–water partition coefficient (Wildman–Crippen LogP) is 4.38. The number of aromatic nitrogens is 3. The van der Waals surface area contributed by atoms with E-state index in [1.165, 1.54) is 6.08 Å². The van der Waals surface area contributed by atoms with Crippen LogP contribution >= 0.6 is 11.8 Å². The quantitative estimate of drug-likeness (QED) is 0.332. The number of ether oxygens (including phenoxy) is 3. The Morgan fingerprint density at radius 2 is 2.11 bits per heavy atom. The van der Waals surface area contributed by atoms with Gasteiger partial charge in [0.05, 0.1) is 18.8 Å². The van der Waals surface area contributed by atoms with Crippen LogP contribution in [0.1, 0.15) is 35.5 Å². The third kappa shape index (κ3) is 6.70. The first-order valence-electron chi connectivity index (χ1n) is 11.2. The summed E-state index contributed by atoms with van der Waals surface area (Å²) in [4.78, 5) is 11.9. The fourth-order valence-electron chi connectivity index (χ4n) is 3.65. The van der Waals surface area contributed by atoms with Gasteiger partial charge in [0.25, 0.3) is 0 Å². The lowest BCUT2D eigenvalue weighted by Gasteiger charge is -2.36. The van der Waals surface area contributed by atoms with Gasteiger partial charge in [-0.2, -0.15) is 0 Å². The molecule has 2 aromatic carbocycles. The molecule has 0 radical (unpaired) electrons. The number of aryl methyl sites for hydroxylation is 1. The summed E-state index contributed by atoms with van der Waals surface area (Å²) in [5.74, 6) is 0.670. The minimum atomic E-state index is -0.637. The van der Waals surface area contributed by atoms with Gasteiger partial charge in [0.1, 0.15) is 12.9 Å². The van der Waals surface area contributed by atoms with Crippen molar-refractivity contribution in [3.05, 3.63) is 84.2 Å². The van der Waals surface area contributed by atoms with Crippen LogP contribution in [0, 0.1) is 0 Å². The zero-order valence-corrected chi connectivity index (χ0v) is 20.2. The summed E-state index contributed by atoms with van der Waals surface area (Å²) in [6, 6.07) is 15.0. The first kappa shape index (κ1) is 24.9. The van der Waals surface area contributed by atoms with E-state index in [1.807, 2.05) is 54.1 Å². The number of thioether (sulfide) groups is 1. The summed E-state index contributed by atoms with van der Waals surface area (Å²) in [7, 11) is 1.90.